The Morgan fingerprint density at radius 3 is 1.85 bits per heavy atom. The van der Waals surface area contributed by atoms with Crippen LogP contribution < -0.4 is 0 Å². The Bertz CT molecular complexity index is 192. The minimum Gasteiger partial charge on any atom is -0.273 e. The van der Waals surface area contributed by atoms with Crippen LogP contribution in [0.3, 0.4) is 0 Å². The van der Waals surface area contributed by atoms with Crippen LogP contribution in [0.25, 0.3) is 0 Å². The molecule has 2 rings (SSSR count). The van der Waals surface area contributed by atoms with Crippen molar-refractivity contribution in [2.75, 3.05) is 0 Å². The summed E-state index contributed by atoms with van der Waals surface area (Å²) in [4.78, 5) is 0. The molecule has 2 heteroatoms. The molecule has 13 heavy (non-hydrogen) atoms. The molecule has 1 aliphatic carbocycles. The van der Waals surface area contributed by atoms with Crippen molar-refractivity contribution in [3.8, 4) is 0 Å². The van der Waals surface area contributed by atoms with E-state index in [9.17, 15) is 0 Å². The molecule has 0 unspecified atom stereocenters. The third-order valence-electron chi connectivity index (χ3n) is 1.19. The number of hydrogen-bond donors (Lipinski definition) is 0. The normalized spacial score (nSPS) is 10.5. The monoisotopic (exact) mass is 312 g/mol. The van der Waals surface area contributed by atoms with Gasteiger partial charge in [0.1, 0.15) is 0 Å². The maximum Gasteiger partial charge on any atom is 2.00 e. The van der Waals surface area contributed by atoms with E-state index in [1.54, 1.807) is 0 Å². The third kappa shape index (κ3) is 9.98. The molecular formula is C11H11BrZr. The summed E-state index contributed by atoms with van der Waals surface area (Å²) in [5, 5.41) is 0. The summed E-state index contributed by atoms with van der Waals surface area (Å²) >= 11 is 0. The van der Waals surface area contributed by atoms with Crippen LogP contribution in [0, 0.1) is 12.1 Å². The van der Waals surface area contributed by atoms with Gasteiger partial charge in [-0.3, -0.25) is 6.08 Å². The number of rotatable bonds is 0. The predicted molar refractivity (Wildman–Crippen MR) is 57.2 cm³/mol. The molecule has 0 bridgehead atoms. The van der Waals surface area contributed by atoms with Gasteiger partial charge < -0.3 is 0 Å². The van der Waals surface area contributed by atoms with Crippen LogP contribution >= 0.6 is 17.0 Å². The van der Waals surface area contributed by atoms with E-state index in [1.807, 2.05) is 42.5 Å². The van der Waals surface area contributed by atoms with Gasteiger partial charge in [0.15, 0.2) is 0 Å². The Hall–Kier alpha value is 0.0631. The third-order valence-corrected chi connectivity index (χ3v) is 1.19. The predicted octanol–water partition coefficient (Wildman–Crippen LogP) is 3.37. The van der Waals surface area contributed by atoms with E-state index < -0.39 is 0 Å². The number of allylic oxidation sites excluding steroid dienone is 4. The van der Waals surface area contributed by atoms with Gasteiger partial charge in [-0.1, -0.05) is 0 Å². The first-order valence-corrected chi connectivity index (χ1v) is 3.63. The fraction of sp³-hybridized carbons (Fsp3) is 0.0909. The van der Waals surface area contributed by atoms with Crippen LogP contribution in [0.5, 0.6) is 0 Å². The molecule has 66 valence electrons. The molecule has 1 aromatic carbocycles. The summed E-state index contributed by atoms with van der Waals surface area (Å²) in [5.74, 6) is 0. The minimum absolute atomic E-state index is 0. The molecule has 1 aromatic rings. The first-order chi connectivity index (χ1) is 5.50. The van der Waals surface area contributed by atoms with Crippen molar-refractivity contribution in [3.63, 3.8) is 0 Å². The van der Waals surface area contributed by atoms with Gasteiger partial charge in [0.25, 0.3) is 0 Å². The summed E-state index contributed by atoms with van der Waals surface area (Å²) in [7, 11) is 0. The molecular weight excluding hydrogens is 303 g/mol. The van der Waals surface area contributed by atoms with Crippen molar-refractivity contribution < 1.29 is 26.2 Å². The van der Waals surface area contributed by atoms with Crippen molar-refractivity contribution in [3.05, 3.63) is 60.7 Å². The molecule has 0 nitrogen and oxygen atoms in total. The van der Waals surface area contributed by atoms with Gasteiger partial charge in [0, 0.05) is 0 Å². The maximum absolute atomic E-state index is 2.99. The van der Waals surface area contributed by atoms with Gasteiger partial charge >= 0.3 is 26.2 Å². The van der Waals surface area contributed by atoms with Crippen molar-refractivity contribution in [2.24, 2.45) is 0 Å². The van der Waals surface area contributed by atoms with Gasteiger partial charge in [-0.15, -0.1) is 23.4 Å². The van der Waals surface area contributed by atoms with Crippen LogP contribution in [-0.4, -0.2) is 0 Å². The summed E-state index contributed by atoms with van der Waals surface area (Å²) in [6, 6.07) is 12.5. The van der Waals surface area contributed by atoms with Crippen LogP contribution in [-0.2, 0) is 26.2 Å². The number of hydrogen-bond acceptors (Lipinski definition) is 0. The fourth-order valence-corrected chi connectivity index (χ4v) is 0.682. The average molecular weight is 314 g/mol. The Kier molecular flexibility index (Phi) is 14.4. The summed E-state index contributed by atoms with van der Waals surface area (Å²) < 4.78 is 0. The second kappa shape index (κ2) is 12.1. The van der Waals surface area contributed by atoms with Crippen molar-refractivity contribution in [1.82, 2.24) is 0 Å². The average Bonchev–Trinajstić information content (AvgIpc) is 2.64. The van der Waals surface area contributed by atoms with Crippen LogP contribution in [0.4, 0.5) is 0 Å². The zero-order valence-corrected chi connectivity index (χ0v) is 11.4. The van der Waals surface area contributed by atoms with Crippen LogP contribution in [0.1, 0.15) is 6.42 Å². The molecule has 0 heterocycles. The van der Waals surface area contributed by atoms with Crippen molar-refractivity contribution in [1.29, 1.82) is 0 Å². The molecule has 0 spiro atoms. The molecule has 0 fully saturated rings. The topological polar surface area (TPSA) is 0 Å². The smallest absolute Gasteiger partial charge is 0.273 e. The summed E-state index contributed by atoms with van der Waals surface area (Å²) in [6.07, 6.45) is 10.0. The molecule has 0 atom stereocenters. The van der Waals surface area contributed by atoms with Gasteiger partial charge in [0.2, 0.25) is 0 Å². The SMILES string of the molecule is Br.[C-]1=CC=CC1.[Zr+2].[c-]1ccccc1. The molecule has 0 aliphatic heterocycles. The van der Waals surface area contributed by atoms with Gasteiger partial charge in [0.05, 0.1) is 0 Å². The van der Waals surface area contributed by atoms with Gasteiger partial charge in [-0.05, 0) is 0 Å². The van der Waals surface area contributed by atoms with Crippen molar-refractivity contribution in [2.45, 2.75) is 6.42 Å². The molecule has 0 amide bonds. The van der Waals surface area contributed by atoms with Crippen LogP contribution in [0.2, 0.25) is 0 Å². The minimum atomic E-state index is 0. The van der Waals surface area contributed by atoms with E-state index in [2.05, 4.69) is 18.2 Å². The Labute approximate surface area is 110 Å². The zero-order valence-electron chi connectivity index (χ0n) is 7.23. The molecule has 0 N–H and O–H groups in total. The molecule has 0 saturated heterocycles. The molecule has 0 saturated carbocycles. The Morgan fingerprint density at radius 2 is 1.69 bits per heavy atom. The van der Waals surface area contributed by atoms with E-state index >= 15 is 0 Å². The molecule has 0 aromatic heterocycles. The zero-order chi connectivity index (χ0) is 7.78. The van der Waals surface area contributed by atoms with Crippen molar-refractivity contribution >= 4 is 17.0 Å². The number of benzene rings is 1. The van der Waals surface area contributed by atoms with E-state index in [-0.39, 0.29) is 43.2 Å². The largest absolute Gasteiger partial charge is 2.00 e. The second-order valence-electron chi connectivity index (χ2n) is 2.08. The first-order valence-electron chi connectivity index (χ1n) is 3.63. The summed E-state index contributed by atoms with van der Waals surface area (Å²) in [5.41, 5.74) is 0. The fourth-order valence-electron chi connectivity index (χ4n) is 0.682. The Morgan fingerprint density at radius 1 is 1.00 bits per heavy atom. The number of halogens is 1. The first kappa shape index (κ1) is 15.5. The Balaban J connectivity index is 0. The maximum atomic E-state index is 2.99. The molecule has 1 aliphatic rings. The van der Waals surface area contributed by atoms with Gasteiger partial charge in [-0.2, -0.15) is 42.5 Å². The van der Waals surface area contributed by atoms with E-state index in [0.29, 0.717) is 0 Å². The van der Waals surface area contributed by atoms with E-state index in [1.165, 1.54) is 0 Å². The van der Waals surface area contributed by atoms with E-state index in [0.717, 1.165) is 6.42 Å². The van der Waals surface area contributed by atoms with E-state index in [4.69, 9.17) is 0 Å². The standard InChI is InChI=1S/C6H5.C5H5.BrH.Zr/c1-2-4-6-5-3-1;1-2-4-5-3-1;;/h1-5H;1-3H,4H2;1H;/q2*-1;;+2. The molecule has 0 radical (unpaired) electrons. The van der Waals surface area contributed by atoms with Crippen LogP contribution in [0.15, 0.2) is 48.6 Å². The quantitative estimate of drug-likeness (QED) is 0.644. The van der Waals surface area contributed by atoms with Gasteiger partial charge in [-0.25, -0.2) is 12.2 Å². The summed E-state index contributed by atoms with van der Waals surface area (Å²) in [6.45, 7) is 0. The second-order valence-corrected chi connectivity index (χ2v) is 2.08.